The van der Waals surface area contributed by atoms with E-state index in [0.29, 0.717) is 5.00 Å². The van der Waals surface area contributed by atoms with Gasteiger partial charge < -0.3 is 10.4 Å². The fourth-order valence-electron chi connectivity index (χ4n) is 1.01. The molecule has 0 fully saturated rings. The number of carboxylic acid groups (broad SMARTS) is 1. The highest BCUT2D eigenvalue weighted by molar-refractivity contribution is 7.18. The summed E-state index contributed by atoms with van der Waals surface area (Å²) in [6.45, 7) is 0. The van der Waals surface area contributed by atoms with Crippen molar-refractivity contribution < 1.29 is 14.7 Å². The van der Waals surface area contributed by atoms with Gasteiger partial charge in [-0.2, -0.15) is 15.4 Å². The Labute approximate surface area is 93.1 Å². The minimum Gasteiger partial charge on any atom is -0.477 e. The topological polar surface area (TPSA) is 108 Å². The van der Waals surface area contributed by atoms with E-state index < -0.39 is 11.9 Å². The van der Waals surface area contributed by atoms with Gasteiger partial charge in [0.25, 0.3) is 5.91 Å². The second-order valence-electron chi connectivity index (χ2n) is 2.78. The van der Waals surface area contributed by atoms with Gasteiger partial charge in [-0.05, 0) is 12.1 Å². The predicted molar refractivity (Wildman–Crippen MR) is 55.6 cm³/mol. The molecular formula is C8H6N4O3S. The van der Waals surface area contributed by atoms with Crippen LogP contribution in [0.1, 0.15) is 20.2 Å². The number of aromatic carboxylic acids is 1. The van der Waals surface area contributed by atoms with Gasteiger partial charge in [0.1, 0.15) is 4.88 Å². The fraction of sp³-hybridized carbons (Fsp3) is 0. The average Bonchev–Trinajstić information content (AvgIpc) is 2.87. The Morgan fingerprint density at radius 1 is 1.44 bits per heavy atom. The minimum atomic E-state index is -1.02. The summed E-state index contributed by atoms with van der Waals surface area (Å²) in [6.07, 6.45) is 1.28. The van der Waals surface area contributed by atoms with Crippen molar-refractivity contribution in [1.82, 2.24) is 15.4 Å². The van der Waals surface area contributed by atoms with Crippen LogP contribution < -0.4 is 5.32 Å². The standard InChI is InChI=1S/C8H6N4O3S/c13-7(4-3-9-12-11-4)10-6-2-1-5(16-6)8(14)15/h1-3H,(H,10,13)(H,14,15)(H,9,11,12). The van der Waals surface area contributed by atoms with Gasteiger partial charge in [0.15, 0.2) is 5.69 Å². The first-order valence-corrected chi connectivity index (χ1v) is 4.98. The van der Waals surface area contributed by atoms with Gasteiger partial charge in [-0.15, -0.1) is 11.3 Å². The van der Waals surface area contributed by atoms with Crippen molar-refractivity contribution in [3.05, 3.63) is 28.9 Å². The van der Waals surface area contributed by atoms with Gasteiger partial charge in [-0.1, -0.05) is 0 Å². The number of carboxylic acids is 1. The largest absolute Gasteiger partial charge is 0.477 e. The highest BCUT2D eigenvalue weighted by Crippen LogP contribution is 2.22. The maximum Gasteiger partial charge on any atom is 0.345 e. The molecule has 0 aromatic carbocycles. The smallest absolute Gasteiger partial charge is 0.345 e. The van der Waals surface area contributed by atoms with Gasteiger partial charge in [-0.25, -0.2) is 4.79 Å². The third-order valence-corrected chi connectivity index (χ3v) is 2.69. The summed E-state index contributed by atoms with van der Waals surface area (Å²) in [5.74, 6) is -1.46. The van der Waals surface area contributed by atoms with Crippen LogP contribution >= 0.6 is 11.3 Å². The van der Waals surface area contributed by atoms with E-state index in [2.05, 4.69) is 20.7 Å². The average molecular weight is 238 g/mol. The number of amides is 1. The molecule has 2 heterocycles. The zero-order valence-corrected chi connectivity index (χ0v) is 8.61. The molecule has 0 unspecified atom stereocenters. The van der Waals surface area contributed by atoms with Crippen LogP contribution in [0.4, 0.5) is 5.00 Å². The number of hydrogen-bond donors (Lipinski definition) is 3. The van der Waals surface area contributed by atoms with E-state index in [-0.39, 0.29) is 10.6 Å². The number of carbonyl (C=O) groups excluding carboxylic acids is 1. The molecule has 0 atom stereocenters. The van der Waals surface area contributed by atoms with Crippen molar-refractivity contribution in [3.63, 3.8) is 0 Å². The molecule has 0 saturated heterocycles. The summed E-state index contributed by atoms with van der Waals surface area (Å²) in [4.78, 5) is 22.2. The molecule has 2 aromatic rings. The molecule has 0 aliphatic heterocycles. The lowest BCUT2D eigenvalue weighted by Crippen LogP contribution is -2.11. The summed E-state index contributed by atoms with van der Waals surface area (Å²) in [6, 6.07) is 2.94. The first-order chi connectivity index (χ1) is 7.66. The lowest BCUT2D eigenvalue weighted by Gasteiger charge is -1.96. The second kappa shape index (κ2) is 4.11. The zero-order valence-electron chi connectivity index (χ0n) is 7.80. The number of nitrogens with one attached hydrogen (secondary N) is 2. The Bertz CT molecular complexity index is 519. The third-order valence-electron chi connectivity index (χ3n) is 1.70. The SMILES string of the molecule is O=C(Nc1ccc(C(=O)O)s1)c1cn[nH]n1. The molecule has 3 N–H and O–H groups in total. The van der Waals surface area contributed by atoms with Crippen LogP contribution in [-0.4, -0.2) is 32.4 Å². The molecule has 2 rings (SSSR count). The molecular weight excluding hydrogens is 232 g/mol. The number of anilines is 1. The maximum absolute atomic E-state index is 11.5. The molecule has 7 nitrogen and oxygen atoms in total. The monoisotopic (exact) mass is 238 g/mol. The Balaban J connectivity index is 2.09. The summed E-state index contributed by atoms with van der Waals surface area (Å²) in [5, 5.41) is 21.0. The Kier molecular flexibility index (Phi) is 2.64. The third kappa shape index (κ3) is 2.06. The van der Waals surface area contributed by atoms with Crippen LogP contribution in [0.25, 0.3) is 0 Å². The van der Waals surface area contributed by atoms with E-state index in [0.717, 1.165) is 11.3 Å². The molecule has 8 heteroatoms. The van der Waals surface area contributed by atoms with E-state index >= 15 is 0 Å². The number of carbonyl (C=O) groups is 2. The zero-order chi connectivity index (χ0) is 11.5. The number of H-pyrrole nitrogens is 1. The van der Waals surface area contributed by atoms with Gasteiger partial charge in [0.2, 0.25) is 0 Å². The highest BCUT2D eigenvalue weighted by Gasteiger charge is 2.12. The predicted octanol–water partition coefficient (Wildman–Crippen LogP) is 0.817. The molecule has 16 heavy (non-hydrogen) atoms. The normalized spacial score (nSPS) is 10.0. The number of rotatable bonds is 3. The van der Waals surface area contributed by atoms with Gasteiger partial charge >= 0.3 is 5.97 Å². The van der Waals surface area contributed by atoms with E-state index in [1.54, 1.807) is 0 Å². The van der Waals surface area contributed by atoms with Crippen LogP contribution in [0, 0.1) is 0 Å². The molecule has 0 bridgehead atoms. The van der Waals surface area contributed by atoms with E-state index in [1.165, 1.54) is 18.3 Å². The first kappa shape index (κ1) is 10.3. The number of thiophene rings is 1. The lowest BCUT2D eigenvalue weighted by atomic mass is 10.4. The Hall–Kier alpha value is -2.22. The molecule has 0 saturated carbocycles. The molecule has 0 spiro atoms. The van der Waals surface area contributed by atoms with Crippen molar-refractivity contribution in [2.45, 2.75) is 0 Å². The molecule has 2 aromatic heterocycles. The number of aromatic nitrogens is 3. The number of nitrogens with zero attached hydrogens (tertiary/aromatic N) is 2. The highest BCUT2D eigenvalue weighted by atomic mass is 32.1. The van der Waals surface area contributed by atoms with Crippen molar-refractivity contribution in [3.8, 4) is 0 Å². The van der Waals surface area contributed by atoms with Crippen LogP contribution in [0.2, 0.25) is 0 Å². The molecule has 0 radical (unpaired) electrons. The molecule has 82 valence electrons. The van der Waals surface area contributed by atoms with Crippen molar-refractivity contribution in [2.24, 2.45) is 0 Å². The first-order valence-electron chi connectivity index (χ1n) is 4.17. The number of hydrogen-bond acceptors (Lipinski definition) is 5. The van der Waals surface area contributed by atoms with Crippen LogP contribution in [0.15, 0.2) is 18.3 Å². The number of aromatic amines is 1. The van der Waals surface area contributed by atoms with Crippen molar-refractivity contribution >= 4 is 28.2 Å². The van der Waals surface area contributed by atoms with Gasteiger partial charge in [0, 0.05) is 0 Å². The molecule has 1 amide bonds. The lowest BCUT2D eigenvalue weighted by molar-refractivity contribution is 0.0702. The summed E-state index contributed by atoms with van der Waals surface area (Å²) in [5.41, 5.74) is 0.144. The quantitative estimate of drug-likeness (QED) is 0.733. The molecule has 0 aliphatic carbocycles. The summed E-state index contributed by atoms with van der Waals surface area (Å²) >= 11 is 0.977. The van der Waals surface area contributed by atoms with Crippen LogP contribution in [-0.2, 0) is 0 Å². The van der Waals surface area contributed by atoms with Crippen LogP contribution in [0.3, 0.4) is 0 Å². The Morgan fingerprint density at radius 2 is 2.25 bits per heavy atom. The fourth-order valence-corrected chi connectivity index (χ4v) is 1.75. The van der Waals surface area contributed by atoms with E-state index in [1.807, 2.05) is 0 Å². The van der Waals surface area contributed by atoms with E-state index in [4.69, 9.17) is 5.11 Å². The minimum absolute atomic E-state index is 0.144. The van der Waals surface area contributed by atoms with Gasteiger partial charge in [0.05, 0.1) is 11.2 Å². The van der Waals surface area contributed by atoms with Gasteiger partial charge in [-0.3, -0.25) is 4.79 Å². The second-order valence-corrected chi connectivity index (χ2v) is 3.86. The van der Waals surface area contributed by atoms with Crippen molar-refractivity contribution in [2.75, 3.05) is 5.32 Å². The van der Waals surface area contributed by atoms with Crippen molar-refractivity contribution in [1.29, 1.82) is 0 Å². The summed E-state index contributed by atoms with van der Waals surface area (Å²) in [7, 11) is 0. The Morgan fingerprint density at radius 3 is 2.81 bits per heavy atom. The van der Waals surface area contributed by atoms with E-state index in [9.17, 15) is 9.59 Å². The maximum atomic E-state index is 11.5. The van der Waals surface area contributed by atoms with Crippen LogP contribution in [0.5, 0.6) is 0 Å². The molecule has 0 aliphatic rings. The summed E-state index contributed by atoms with van der Waals surface area (Å²) < 4.78 is 0.